The Morgan fingerprint density at radius 2 is 2.27 bits per heavy atom. The zero-order chi connectivity index (χ0) is 18.4. The van der Waals surface area contributed by atoms with E-state index in [0.717, 1.165) is 32.4 Å². The Morgan fingerprint density at radius 1 is 1.42 bits per heavy atom. The number of hydrogen-bond donors (Lipinski definition) is 1. The highest BCUT2D eigenvalue weighted by Crippen LogP contribution is 2.22. The van der Waals surface area contributed by atoms with E-state index in [1.54, 1.807) is 18.2 Å². The van der Waals surface area contributed by atoms with E-state index in [-0.39, 0.29) is 18.3 Å². The van der Waals surface area contributed by atoms with Crippen molar-refractivity contribution >= 4 is 5.91 Å². The number of nitrogens with one attached hydrogen (secondary N) is 1. The van der Waals surface area contributed by atoms with Crippen LogP contribution in [0.25, 0.3) is 0 Å². The van der Waals surface area contributed by atoms with E-state index in [0.29, 0.717) is 36.2 Å². The second-order valence-corrected chi connectivity index (χ2v) is 6.89. The summed E-state index contributed by atoms with van der Waals surface area (Å²) in [7, 11) is 0. The van der Waals surface area contributed by atoms with Crippen LogP contribution in [0.15, 0.2) is 28.8 Å². The van der Waals surface area contributed by atoms with Gasteiger partial charge in [0, 0.05) is 25.1 Å². The van der Waals surface area contributed by atoms with Crippen molar-refractivity contribution in [3.8, 4) is 0 Å². The first-order valence-corrected chi connectivity index (χ1v) is 9.12. The van der Waals surface area contributed by atoms with Crippen molar-refractivity contribution < 1.29 is 13.7 Å². The van der Waals surface area contributed by atoms with Crippen LogP contribution in [-0.2, 0) is 17.9 Å². The van der Waals surface area contributed by atoms with Crippen molar-refractivity contribution in [1.29, 1.82) is 0 Å². The van der Waals surface area contributed by atoms with Crippen LogP contribution in [0.1, 0.15) is 43.0 Å². The van der Waals surface area contributed by atoms with Gasteiger partial charge in [0.25, 0.3) is 0 Å². The van der Waals surface area contributed by atoms with Gasteiger partial charge in [-0.3, -0.25) is 9.69 Å². The first-order valence-electron chi connectivity index (χ1n) is 9.12. The van der Waals surface area contributed by atoms with Gasteiger partial charge in [0.15, 0.2) is 5.82 Å². The van der Waals surface area contributed by atoms with Gasteiger partial charge in [-0.25, -0.2) is 4.39 Å². The Labute approximate surface area is 152 Å². The molecule has 0 bridgehead atoms. The summed E-state index contributed by atoms with van der Waals surface area (Å²) in [5.41, 5.74) is 0.513. The molecular weight excluding hydrogens is 335 g/mol. The first-order chi connectivity index (χ1) is 12.6. The SMILES string of the molecule is Cc1noc(CN2CCC[C@H](CCC(=O)NCc3ccccc3F)C2)n1. The second kappa shape index (κ2) is 8.89. The van der Waals surface area contributed by atoms with E-state index in [4.69, 9.17) is 4.52 Å². The maximum atomic E-state index is 13.6. The molecule has 26 heavy (non-hydrogen) atoms. The number of nitrogens with zero attached hydrogens (tertiary/aromatic N) is 3. The maximum absolute atomic E-state index is 13.6. The van der Waals surface area contributed by atoms with Gasteiger partial charge in [-0.1, -0.05) is 23.4 Å². The van der Waals surface area contributed by atoms with Crippen LogP contribution >= 0.6 is 0 Å². The highest BCUT2D eigenvalue weighted by atomic mass is 19.1. The van der Waals surface area contributed by atoms with E-state index >= 15 is 0 Å². The summed E-state index contributed by atoms with van der Waals surface area (Å²) in [4.78, 5) is 18.6. The summed E-state index contributed by atoms with van der Waals surface area (Å²) in [5.74, 6) is 1.46. The van der Waals surface area contributed by atoms with E-state index in [9.17, 15) is 9.18 Å². The molecule has 6 nitrogen and oxygen atoms in total. The van der Waals surface area contributed by atoms with Crippen LogP contribution < -0.4 is 5.32 Å². The molecule has 140 valence electrons. The summed E-state index contributed by atoms with van der Waals surface area (Å²) < 4.78 is 18.8. The lowest BCUT2D eigenvalue weighted by atomic mass is 9.93. The monoisotopic (exact) mass is 360 g/mol. The number of benzene rings is 1. The molecule has 1 aromatic heterocycles. The van der Waals surface area contributed by atoms with E-state index in [2.05, 4.69) is 20.4 Å². The predicted octanol–water partition coefficient (Wildman–Crippen LogP) is 2.83. The van der Waals surface area contributed by atoms with Gasteiger partial charge in [-0.15, -0.1) is 0 Å². The summed E-state index contributed by atoms with van der Waals surface area (Å²) >= 11 is 0. The van der Waals surface area contributed by atoms with Crippen LogP contribution in [0.4, 0.5) is 4.39 Å². The molecule has 1 amide bonds. The molecule has 7 heteroatoms. The third-order valence-corrected chi connectivity index (χ3v) is 4.75. The zero-order valence-corrected chi connectivity index (χ0v) is 15.1. The van der Waals surface area contributed by atoms with Crippen molar-refractivity contribution in [2.24, 2.45) is 5.92 Å². The van der Waals surface area contributed by atoms with Crippen LogP contribution in [-0.4, -0.2) is 34.0 Å². The number of piperidine rings is 1. The number of aryl methyl sites for hydroxylation is 1. The van der Waals surface area contributed by atoms with Crippen molar-refractivity contribution in [1.82, 2.24) is 20.4 Å². The summed E-state index contributed by atoms with van der Waals surface area (Å²) in [6.07, 6.45) is 3.53. The van der Waals surface area contributed by atoms with Crippen molar-refractivity contribution in [3.63, 3.8) is 0 Å². The lowest BCUT2D eigenvalue weighted by Gasteiger charge is -2.31. The Bertz CT molecular complexity index is 734. The predicted molar refractivity (Wildman–Crippen MR) is 94.5 cm³/mol. The molecule has 0 unspecified atom stereocenters. The normalized spacial score (nSPS) is 18.0. The molecule has 0 radical (unpaired) electrons. The molecule has 2 heterocycles. The van der Waals surface area contributed by atoms with Crippen LogP contribution in [0.2, 0.25) is 0 Å². The van der Waals surface area contributed by atoms with Crippen LogP contribution in [0, 0.1) is 18.7 Å². The quantitative estimate of drug-likeness (QED) is 0.822. The van der Waals surface area contributed by atoms with Crippen LogP contribution in [0.3, 0.4) is 0 Å². The first kappa shape index (κ1) is 18.5. The summed E-state index contributed by atoms with van der Waals surface area (Å²) in [6.45, 7) is 4.65. The molecule has 1 N–H and O–H groups in total. The van der Waals surface area contributed by atoms with Gasteiger partial charge in [0.05, 0.1) is 6.54 Å². The molecule has 3 rings (SSSR count). The Kier molecular flexibility index (Phi) is 6.33. The Balaban J connectivity index is 1.39. The number of rotatable bonds is 7. The third kappa shape index (κ3) is 5.36. The smallest absolute Gasteiger partial charge is 0.240 e. The molecule has 1 aliphatic rings. The van der Waals surface area contributed by atoms with Gasteiger partial charge in [0.2, 0.25) is 11.8 Å². The number of hydrogen-bond acceptors (Lipinski definition) is 5. The fourth-order valence-electron chi connectivity index (χ4n) is 3.39. The summed E-state index contributed by atoms with van der Waals surface area (Å²) in [5, 5.41) is 6.63. The lowest BCUT2D eigenvalue weighted by molar-refractivity contribution is -0.121. The van der Waals surface area contributed by atoms with Gasteiger partial charge in [-0.2, -0.15) is 4.98 Å². The fraction of sp³-hybridized carbons (Fsp3) is 0.526. The number of aromatic nitrogens is 2. The minimum atomic E-state index is -0.285. The molecule has 0 spiro atoms. The molecule has 1 fully saturated rings. The molecule has 1 atom stereocenters. The van der Waals surface area contributed by atoms with Gasteiger partial charge in [0.1, 0.15) is 5.82 Å². The van der Waals surface area contributed by atoms with E-state index in [1.807, 2.05) is 6.92 Å². The van der Waals surface area contributed by atoms with Crippen LogP contribution in [0.5, 0.6) is 0 Å². The molecular formula is C19H25FN4O2. The standard InChI is InChI=1S/C19H25FN4O2/c1-14-22-19(26-23-14)13-24-10-4-5-15(12-24)8-9-18(25)21-11-16-6-2-3-7-17(16)20/h2-3,6-7,15H,4-5,8-13H2,1H3,(H,21,25)/t15-/m1/s1. The Hall–Kier alpha value is -2.28. The minimum Gasteiger partial charge on any atom is -0.352 e. The topological polar surface area (TPSA) is 71.3 Å². The summed E-state index contributed by atoms with van der Waals surface area (Å²) in [6, 6.07) is 6.51. The number of likely N-dealkylation sites (tertiary alicyclic amines) is 1. The number of carbonyl (C=O) groups excluding carboxylic acids is 1. The van der Waals surface area contributed by atoms with Gasteiger partial charge >= 0.3 is 0 Å². The maximum Gasteiger partial charge on any atom is 0.240 e. The van der Waals surface area contributed by atoms with E-state index < -0.39 is 0 Å². The van der Waals surface area contributed by atoms with Crippen molar-refractivity contribution in [2.45, 2.75) is 45.7 Å². The number of carbonyl (C=O) groups is 1. The van der Waals surface area contributed by atoms with Gasteiger partial charge < -0.3 is 9.84 Å². The lowest BCUT2D eigenvalue weighted by Crippen LogP contribution is -2.35. The average molecular weight is 360 g/mol. The molecule has 1 aliphatic heterocycles. The highest BCUT2D eigenvalue weighted by Gasteiger charge is 2.22. The third-order valence-electron chi connectivity index (χ3n) is 4.75. The molecule has 2 aromatic rings. The Morgan fingerprint density at radius 3 is 3.04 bits per heavy atom. The molecule has 1 aromatic carbocycles. The largest absolute Gasteiger partial charge is 0.352 e. The average Bonchev–Trinajstić information content (AvgIpc) is 3.04. The minimum absolute atomic E-state index is 0.0297. The number of halogens is 1. The second-order valence-electron chi connectivity index (χ2n) is 6.89. The van der Waals surface area contributed by atoms with E-state index in [1.165, 1.54) is 6.07 Å². The highest BCUT2D eigenvalue weighted by molar-refractivity contribution is 5.75. The molecule has 1 saturated heterocycles. The van der Waals surface area contributed by atoms with Crippen molar-refractivity contribution in [2.75, 3.05) is 13.1 Å². The van der Waals surface area contributed by atoms with Crippen molar-refractivity contribution in [3.05, 3.63) is 47.4 Å². The zero-order valence-electron chi connectivity index (χ0n) is 15.1. The number of amides is 1. The fourth-order valence-corrected chi connectivity index (χ4v) is 3.39. The molecule has 0 aliphatic carbocycles. The van der Waals surface area contributed by atoms with Gasteiger partial charge in [-0.05, 0) is 44.7 Å². The molecule has 0 saturated carbocycles.